The molecule has 0 aliphatic carbocycles. The van der Waals surface area contributed by atoms with E-state index in [1.54, 1.807) is 13.8 Å². The molecule has 0 aliphatic rings. The highest BCUT2D eigenvalue weighted by Crippen LogP contribution is 2.12. The van der Waals surface area contributed by atoms with Gasteiger partial charge in [0.05, 0.1) is 12.5 Å². The maximum absolute atomic E-state index is 13.2. The first kappa shape index (κ1) is 30.7. The third-order valence-electron chi connectivity index (χ3n) is 5.21. The summed E-state index contributed by atoms with van der Waals surface area (Å²) in [6, 6.07) is 0.991. The quantitative estimate of drug-likeness (QED) is 0.158. The molecule has 1 aromatic carbocycles. The highest BCUT2D eigenvalue weighted by Gasteiger charge is 2.31. The van der Waals surface area contributed by atoms with Crippen LogP contribution in [0.4, 0.5) is 0 Å². The Morgan fingerprint density at radius 2 is 1.47 bits per heavy atom. The number of thioether (sulfide) groups is 1. The molecular formula is C23H34N4O8S. The Hall–Kier alpha value is -3.32. The molecule has 0 radical (unpaired) electrons. The van der Waals surface area contributed by atoms with Gasteiger partial charge in [0.2, 0.25) is 17.7 Å². The molecule has 1 aromatic rings. The van der Waals surface area contributed by atoms with Gasteiger partial charge in [-0.15, -0.1) is 0 Å². The molecule has 0 spiro atoms. The van der Waals surface area contributed by atoms with Crippen LogP contribution in [-0.4, -0.2) is 81.2 Å². The summed E-state index contributed by atoms with van der Waals surface area (Å²) in [5.74, 6) is -4.71. The summed E-state index contributed by atoms with van der Waals surface area (Å²) in [4.78, 5) is 60.9. The Morgan fingerprint density at radius 3 is 1.97 bits per heavy atom. The summed E-state index contributed by atoms with van der Waals surface area (Å²) in [5, 5.41) is 35.2. The smallest absolute Gasteiger partial charge is 0.326 e. The van der Waals surface area contributed by atoms with Crippen molar-refractivity contribution in [2.24, 2.45) is 11.7 Å². The van der Waals surface area contributed by atoms with Gasteiger partial charge in [0.15, 0.2) is 0 Å². The Morgan fingerprint density at radius 1 is 0.917 bits per heavy atom. The van der Waals surface area contributed by atoms with Gasteiger partial charge >= 0.3 is 11.9 Å². The van der Waals surface area contributed by atoms with Crippen LogP contribution in [0.15, 0.2) is 24.3 Å². The SMILES string of the molecule is CSCCC(NC(=O)C(Cc1ccc(O)cc1)NC(=O)C(N)CC(=O)O)C(=O)NC(C(=O)O)C(C)C. The van der Waals surface area contributed by atoms with Crippen molar-refractivity contribution in [3.63, 3.8) is 0 Å². The van der Waals surface area contributed by atoms with Crippen molar-refractivity contribution in [2.45, 2.75) is 57.3 Å². The fourth-order valence-electron chi connectivity index (χ4n) is 3.18. The predicted molar refractivity (Wildman–Crippen MR) is 133 cm³/mol. The lowest BCUT2D eigenvalue weighted by Gasteiger charge is -2.26. The number of carbonyl (C=O) groups excluding carboxylic acids is 3. The average molecular weight is 527 g/mol. The largest absolute Gasteiger partial charge is 0.508 e. The van der Waals surface area contributed by atoms with Crippen LogP contribution in [0.3, 0.4) is 0 Å². The third-order valence-corrected chi connectivity index (χ3v) is 5.86. The molecule has 12 nitrogen and oxygen atoms in total. The molecule has 13 heteroatoms. The lowest BCUT2D eigenvalue weighted by Crippen LogP contribution is -2.58. The minimum atomic E-state index is -1.41. The molecule has 1 rings (SSSR count). The number of benzene rings is 1. The van der Waals surface area contributed by atoms with Crippen LogP contribution in [0.25, 0.3) is 0 Å². The van der Waals surface area contributed by atoms with Crippen molar-refractivity contribution in [1.82, 2.24) is 16.0 Å². The Kier molecular flexibility index (Phi) is 12.7. The summed E-state index contributed by atoms with van der Waals surface area (Å²) in [5.41, 5.74) is 6.19. The number of nitrogens with two attached hydrogens (primary N) is 1. The van der Waals surface area contributed by atoms with Gasteiger partial charge in [-0.05, 0) is 42.0 Å². The van der Waals surface area contributed by atoms with Crippen LogP contribution in [-0.2, 0) is 30.4 Å². The fourth-order valence-corrected chi connectivity index (χ4v) is 3.65. The predicted octanol–water partition coefficient (Wildman–Crippen LogP) is -0.315. The number of amides is 3. The number of phenolic OH excluding ortho intramolecular Hbond substituents is 1. The number of rotatable bonds is 15. The molecule has 0 fully saturated rings. The maximum atomic E-state index is 13.2. The molecule has 8 N–H and O–H groups in total. The van der Waals surface area contributed by atoms with Crippen molar-refractivity contribution >= 4 is 41.4 Å². The monoisotopic (exact) mass is 526 g/mol. The molecule has 4 unspecified atom stereocenters. The summed E-state index contributed by atoms with van der Waals surface area (Å²) >= 11 is 1.43. The van der Waals surface area contributed by atoms with E-state index >= 15 is 0 Å². The van der Waals surface area contributed by atoms with E-state index in [0.29, 0.717) is 11.3 Å². The van der Waals surface area contributed by atoms with Gasteiger partial charge in [-0.3, -0.25) is 19.2 Å². The molecular weight excluding hydrogens is 492 g/mol. The zero-order valence-corrected chi connectivity index (χ0v) is 21.2. The van der Waals surface area contributed by atoms with E-state index in [-0.39, 0.29) is 18.6 Å². The van der Waals surface area contributed by atoms with E-state index < -0.39 is 66.2 Å². The first-order valence-electron chi connectivity index (χ1n) is 11.2. The molecule has 200 valence electrons. The molecule has 36 heavy (non-hydrogen) atoms. The third kappa shape index (κ3) is 10.5. The van der Waals surface area contributed by atoms with E-state index in [9.17, 15) is 34.2 Å². The normalized spacial score (nSPS) is 14.2. The van der Waals surface area contributed by atoms with Gasteiger partial charge in [-0.25, -0.2) is 4.79 Å². The van der Waals surface area contributed by atoms with E-state index in [4.69, 9.17) is 10.8 Å². The van der Waals surface area contributed by atoms with Crippen LogP contribution < -0.4 is 21.7 Å². The summed E-state index contributed by atoms with van der Waals surface area (Å²) < 4.78 is 0. The zero-order valence-electron chi connectivity index (χ0n) is 20.4. The molecule has 0 saturated heterocycles. The van der Waals surface area contributed by atoms with Crippen molar-refractivity contribution < 1.29 is 39.3 Å². The molecule has 0 aliphatic heterocycles. The topological polar surface area (TPSA) is 208 Å². The first-order valence-corrected chi connectivity index (χ1v) is 12.6. The van der Waals surface area contributed by atoms with Crippen molar-refractivity contribution in [1.29, 1.82) is 0 Å². The molecule has 0 heterocycles. The number of carboxylic acids is 2. The van der Waals surface area contributed by atoms with Gasteiger partial charge < -0.3 is 37.0 Å². The number of aromatic hydroxyl groups is 1. The van der Waals surface area contributed by atoms with Crippen LogP contribution >= 0.6 is 11.8 Å². The molecule has 3 amide bonds. The second kappa shape index (κ2) is 14.9. The number of carboxylic acid groups (broad SMARTS) is 2. The van der Waals surface area contributed by atoms with E-state index in [1.165, 1.54) is 36.0 Å². The Labute approximate surface area is 213 Å². The van der Waals surface area contributed by atoms with Gasteiger partial charge in [0.25, 0.3) is 0 Å². The molecule has 0 aromatic heterocycles. The van der Waals surface area contributed by atoms with Gasteiger partial charge in [0.1, 0.15) is 23.9 Å². The fraction of sp³-hybridized carbons (Fsp3) is 0.522. The summed E-state index contributed by atoms with van der Waals surface area (Å²) in [6.45, 7) is 3.27. The van der Waals surface area contributed by atoms with Crippen molar-refractivity contribution in [3.8, 4) is 5.75 Å². The maximum Gasteiger partial charge on any atom is 0.326 e. The minimum absolute atomic E-state index is 0.000736. The van der Waals surface area contributed by atoms with Crippen LogP contribution in [0.1, 0.15) is 32.3 Å². The number of nitrogens with one attached hydrogen (secondary N) is 3. The van der Waals surface area contributed by atoms with Crippen molar-refractivity contribution in [3.05, 3.63) is 29.8 Å². The lowest BCUT2D eigenvalue weighted by molar-refractivity contribution is -0.143. The number of phenols is 1. The molecule has 0 bridgehead atoms. The first-order chi connectivity index (χ1) is 16.8. The number of hydrogen-bond acceptors (Lipinski definition) is 8. The van der Waals surface area contributed by atoms with E-state index in [1.807, 2.05) is 6.26 Å². The number of carbonyl (C=O) groups is 5. The van der Waals surface area contributed by atoms with E-state index in [2.05, 4.69) is 16.0 Å². The highest BCUT2D eigenvalue weighted by atomic mass is 32.2. The highest BCUT2D eigenvalue weighted by molar-refractivity contribution is 7.98. The molecule has 0 saturated carbocycles. The number of aliphatic carboxylic acids is 2. The van der Waals surface area contributed by atoms with Gasteiger partial charge in [-0.1, -0.05) is 26.0 Å². The Balaban J connectivity index is 3.13. The Bertz CT molecular complexity index is 925. The zero-order chi connectivity index (χ0) is 27.4. The lowest BCUT2D eigenvalue weighted by atomic mass is 10.0. The standard InChI is InChI=1S/C23H34N4O8S/c1-12(2)19(23(34)35)27-21(32)16(8-9-36-3)25-22(33)17(10-13-4-6-14(28)7-5-13)26-20(31)15(24)11-18(29)30/h4-7,12,15-17,19,28H,8-11,24H2,1-3H3,(H,25,33)(H,26,31)(H,27,32)(H,29,30)(H,34,35). The van der Waals surface area contributed by atoms with Gasteiger partial charge in [0, 0.05) is 6.42 Å². The van der Waals surface area contributed by atoms with Crippen LogP contribution in [0.5, 0.6) is 5.75 Å². The van der Waals surface area contributed by atoms with Crippen LogP contribution in [0.2, 0.25) is 0 Å². The van der Waals surface area contributed by atoms with E-state index in [0.717, 1.165) is 0 Å². The second-order valence-electron chi connectivity index (χ2n) is 8.55. The second-order valence-corrected chi connectivity index (χ2v) is 9.53. The summed E-state index contributed by atoms with van der Waals surface area (Å²) in [6.07, 6.45) is 1.31. The number of hydrogen-bond donors (Lipinski definition) is 7. The average Bonchev–Trinajstić information content (AvgIpc) is 2.79. The van der Waals surface area contributed by atoms with Gasteiger partial charge in [-0.2, -0.15) is 11.8 Å². The summed E-state index contributed by atoms with van der Waals surface area (Å²) in [7, 11) is 0. The van der Waals surface area contributed by atoms with Crippen LogP contribution in [0, 0.1) is 5.92 Å². The minimum Gasteiger partial charge on any atom is -0.508 e. The molecule has 4 atom stereocenters. The van der Waals surface area contributed by atoms with Crippen molar-refractivity contribution in [2.75, 3.05) is 12.0 Å².